The topological polar surface area (TPSA) is 79.2 Å². The van der Waals surface area contributed by atoms with Gasteiger partial charge >= 0.3 is 5.97 Å². The predicted molar refractivity (Wildman–Crippen MR) is 125 cm³/mol. The number of aromatic nitrogens is 2. The van der Waals surface area contributed by atoms with Gasteiger partial charge in [-0.2, -0.15) is 0 Å². The number of nitrogens with one attached hydrogen (secondary N) is 2. The van der Waals surface area contributed by atoms with Crippen LogP contribution in [0.5, 0.6) is 0 Å². The van der Waals surface area contributed by atoms with Gasteiger partial charge in [0.25, 0.3) is 0 Å². The molecule has 1 saturated carbocycles. The first kappa shape index (κ1) is 20.2. The zero-order valence-electron chi connectivity index (χ0n) is 17.6. The second-order valence-corrected chi connectivity index (χ2v) is 9.28. The average Bonchev–Trinajstić information content (AvgIpc) is 3.11. The Bertz CT molecular complexity index is 1140. The second kappa shape index (κ2) is 8.08. The van der Waals surface area contributed by atoms with E-state index in [-0.39, 0.29) is 12.0 Å². The lowest BCUT2D eigenvalue weighted by Crippen LogP contribution is -2.25. The van der Waals surface area contributed by atoms with Crippen molar-refractivity contribution in [1.82, 2.24) is 9.55 Å². The van der Waals surface area contributed by atoms with Crippen LogP contribution in [0.3, 0.4) is 0 Å². The second-order valence-electron chi connectivity index (χ2n) is 8.84. The van der Waals surface area contributed by atoms with Gasteiger partial charge in [-0.25, -0.2) is 4.98 Å². The van der Waals surface area contributed by atoms with Crippen LogP contribution in [0.1, 0.15) is 50.6 Å². The van der Waals surface area contributed by atoms with Gasteiger partial charge in [0.05, 0.1) is 17.0 Å². The molecule has 0 bridgehead atoms. The summed E-state index contributed by atoms with van der Waals surface area (Å²) in [6.45, 7) is 2.20. The Kier molecular flexibility index (Phi) is 5.26. The number of fused-ring (bicyclic) bond motifs is 3. The molecule has 7 heteroatoms. The number of nitrogens with zero attached hydrogens (tertiary/aromatic N) is 2. The third-order valence-electron chi connectivity index (χ3n) is 6.64. The third-order valence-corrected chi connectivity index (χ3v) is 6.87. The van der Waals surface area contributed by atoms with E-state index in [2.05, 4.69) is 34.3 Å². The Balaban J connectivity index is 1.62. The van der Waals surface area contributed by atoms with Gasteiger partial charge in [-0.3, -0.25) is 4.79 Å². The van der Waals surface area contributed by atoms with Crippen LogP contribution in [0.15, 0.2) is 36.4 Å². The molecule has 1 aliphatic heterocycles. The molecule has 0 spiro atoms. The van der Waals surface area contributed by atoms with E-state index in [1.54, 1.807) is 0 Å². The Hall–Kier alpha value is -2.73. The Morgan fingerprint density at radius 3 is 2.94 bits per heavy atom. The molecular weight excluding hydrogens is 412 g/mol. The standard InChI is InChI=1S/C24H27ClN4O2/c1-14-8-9-19-20(26-14)10-11-21-22(19)28-24(27-17-6-3-5-16(25)13-17)29(21)18-7-2-4-15(12-18)23(30)31/h3,5-6,10-11,13-15,18,26H,2,4,7-9,12H2,1H3,(H,27,28)(H,30,31)/t14-,15+,18+/m0/s1. The molecule has 0 radical (unpaired) electrons. The molecule has 162 valence electrons. The Morgan fingerprint density at radius 1 is 1.26 bits per heavy atom. The molecule has 3 atom stereocenters. The molecule has 1 aromatic heterocycles. The highest BCUT2D eigenvalue weighted by Gasteiger charge is 2.31. The fourth-order valence-electron chi connectivity index (χ4n) is 5.08. The lowest BCUT2D eigenvalue weighted by Gasteiger charge is -2.29. The number of hydrogen-bond donors (Lipinski definition) is 3. The molecule has 0 unspecified atom stereocenters. The Morgan fingerprint density at radius 2 is 2.13 bits per heavy atom. The summed E-state index contributed by atoms with van der Waals surface area (Å²) in [4.78, 5) is 16.7. The van der Waals surface area contributed by atoms with Crippen LogP contribution in [-0.4, -0.2) is 26.7 Å². The molecule has 2 aliphatic rings. The number of carboxylic acid groups (broad SMARTS) is 1. The summed E-state index contributed by atoms with van der Waals surface area (Å²) in [5.74, 6) is -0.260. The van der Waals surface area contributed by atoms with Crippen molar-refractivity contribution in [3.05, 3.63) is 47.0 Å². The molecule has 3 aromatic rings. The van der Waals surface area contributed by atoms with E-state index in [0.29, 0.717) is 17.5 Å². The fraction of sp³-hybridized carbons (Fsp3) is 0.417. The van der Waals surface area contributed by atoms with Crippen LogP contribution in [0.4, 0.5) is 17.3 Å². The van der Waals surface area contributed by atoms with Gasteiger partial charge < -0.3 is 20.3 Å². The van der Waals surface area contributed by atoms with Gasteiger partial charge in [0.15, 0.2) is 0 Å². The highest BCUT2D eigenvalue weighted by atomic mass is 35.5. The summed E-state index contributed by atoms with van der Waals surface area (Å²) >= 11 is 6.20. The molecule has 0 saturated heterocycles. The molecular formula is C24H27ClN4O2. The van der Waals surface area contributed by atoms with Crippen molar-refractivity contribution in [3.8, 4) is 0 Å². The van der Waals surface area contributed by atoms with Crippen LogP contribution >= 0.6 is 11.6 Å². The van der Waals surface area contributed by atoms with Crippen LogP contribution in [0.2, 0.25) is 5.02 Å². The summed E-state index contributed by atoms with van der Waals surface area (Å²) in [7, 11) is 0. The Labute approximate surface area is 186 Å². The van der Waals surface area contributed by atoms with Crippen molar-refractivity contribution < 1.29 is 9.90 Å². The number of benzene rings is 2. The van der Waals surface area contributed by atoms with Crippen LogP contribution in [0.25, 0.3) is 11.0 Å². The molecule has 6 nitrogen and oxygen atoms in total. The molecule has 2 aromatic carbocycles. The van der Waals surface area contributed by atoms with E-state index in [0.717, 1.165) is 60.5 Å². The number of rotatable bonds is 4. The molecule has 3 N–H and O–H groups in total. The first-order valence-corrected chi connectivity index (χ1v) is 11.4. The minimum absolute atomic E-state index is 0.0926. The van der Waals surface area contributed by atoms with Gasteiger partial charge in [-0.15, -0.1) is 0 Å². The molecule has 2 heterocycles. The minimum atomic E-state index is -0.700. The molecule has 1 aliphatic carbocycles. The summed E-state index contributed by atoms with van der Waals surface area (Å²) in [6.07, 6.45) is 5.27. The van der Waals surface area contributed by atoms with Gasteiger partial charge in [0, 0.05) is 34.0 Å². The maximum absolute atomic E-state index is 11.7. The molecule has 31 heavy (non-hydrogen) atoms. The number of hydrogen-bond acceptors (Lipinski definition) is 4. The molecule has 0 amide bonds. The number of aryl methyl sites for hydroxylation is 1. The maximum Gasteiger partial charge on any atom is 0.306 e. The third kappa shape index (κ3) is 3.85. The summed E-state index contributed by atoms with van der Waals surface area (Å²) in [5, 5.41) is 17.3. The van der Waals surface area contributed by atoms with Crippen molar-refractivity contribution in [2.24, 2.45) is 5.92 Å². The zero-order valence-corrected chi connectivity index (χ0v) is 18.3. The van der Waals surface area contributed by atoms with Gasteiger partial charge in [-0.1, -0.05) is 24.1 Å². The number of imidazole rings is 1. The zero-order chi connectivity index (χ0) is 21.5. The largest absolute Gasteiger partial charge is 0.481 e. The van der Waals surface area contributed by atoms with Crippen molar-refractivity contribution in [2.75, 3.05) is 10.6 Å². The predicted octanol–water partition coefficient (Wildman–Crippen LogP) is 6.00. The molecule has 5 rings (SSSR count). The van der Waals surface area contributed by atoms with Crippen molar-refractivity contribution in [1.29, 1.82) is 0 Å². The van der Waals surface area contributed by atoms with Crippen LogP contribution in [-0.2, 0) is 11.2 Å². The fourth-order valence-corrected chi connectivity index (χ4v) is 5.27. The summed E-state index contributed by atoms with van der Waals surface area (Å²) in [6, 6.07) is 12.4. The first-order valence-electron chi connectivity index (χ1n) is 11.1. The van der Waals surface area contributed by atoms with E-state index in [1.165, 1.54) is 5.56 Å². The minimum Gasteiger partial charge on any atom is -0.481 e. The van der Waals surface area contributed by atoms with Crippen LogP contribution in [0, 0.1) is 5.92 Å². The number of halogens is 1. The molecule has 1 fully saturated rings. The normalized spacial score (nSPS) is 23.2. The van der Waals surface area contributed by atoms with Crippen LogP contribution < -0.4 is 10.6 Å². The number of carboxylic acids is 1. The highest BCUT2D eigenvalue weighted by molar-refractivity contribution is 6.30. The van der Waals surface area contributed by atoms with E-state index >= 15 is 0 Å². The number of anilines is 3. The average molecular weight is 439 g/mol. The summed E-state index contributed by atoms with van der Waals surface area (Å²) < 4.78 is 2.23. The maximum atomic E-state index is 11.7. The monoisotopic (exact) mass is 438 g/mol. The number of carbonyl (C=O) groups is 1. The lowest BCUT2D eigenvalue weighted by atomic mass is 9.85. The van der Waals surface area contributed by atoms with Crippen molar-refractivity contribution >= 4 is 45.9 Å². The van der Waals surface area contributed by atoms with Crippen molar-refractivity contribution in [3.63, 3.8) is 0 Å². The first-order chi connectivity index (χ1) is 15.0. The van der Waals surface area contributed by atoms with E-state index in [1.807, 2.05) is 24.3 Å². The summed E-state index contributed by atoms with van der Waals surface area (Å²) in [5.41, 5.74) is 5.33. The van der Waals surface area contributed by atoms with Gasteiger partial charge in [-0.05, 0) is 69.4 Å². The van der Waals surface area contributed by atoms with E-state index in [9.17, 15) is 9.90 Å². The van der Waals surface area contributed by atoms with E-state index < -0.39 is 5.97 Å². The highest BCUT2D eigenvalue weighted by Crippen LogP contribution is 2.40. The lowest BCUT2D eigenvalue weighted by molar-refractivity contribution is -0.143. The van der Waals surface area contributed by atoms with E-state index in [4.69, 9.17) is 16.6 Å². The van der Waals surface area contributed by atoms with Crippen molar-refractivity contribution in [2.45, 2.75) is 57.5 Å². The SMILES string of the molecule is C[C@H]1CCc2c(ccc3c2nc(Nc2cccc(Cl)c2)n3[C@@H]2CCC[C@@H](C(=O)O)C2)N1. The smallest absolute Gasteiger partial charge is 0.306 e. The van der Waals surface area contributed by atoms with Gasteiger partial charge in [0.2, 0.25) is 5.95 Å². The van der Waals surface area contributed by atoms with Gasteiger partial charge in [0.1, 0.15) is 0 Å². The number of aliphatic carboxylic acids is 1. The quantitative estimate of drug-likeness (QED) is 0.465.